The Hall–Kier alpha value is -1.62. The second-order valence-electron chi connectivity index (χ2n) is 3.62. The molecule has 1 rings (SSSR count). The van der Waals surface area contributed by atoms with Crippen molar-refractivity contribution in [2.75, 3.05) is 6.54 Å². The number of hydrogen-bond acceptors (Lipinski definition) is 3. The maximum absolute atomic E-state index is 11.6. The minimum absolute atomic E-state index is 0.0793. The number of hydrogen-bond donors (Lipinski definition) is 2. The second-order valence-corrected chi connectivity index (χ2v) is 3.62. The van der Waals surface area contributed by atoms with E-state index in [0.29, 0.717) is 0 Å². The number of allylic oxidation sites excluding steroid dienone is 3. The number of amides is 1. The highest BCUT2D eigenvalue weighted by atomic mass is 16.4. The third kappa shape index (κ3) is 2.93. The lowest BCUT2D eigenvalue weighted by molar-refractivity contribution is -0.146. The van der Waals surface area contributed by atoms with Crippen molar-refractivity contribution in [3.63, 3.8) is 0 Å². The lowest BCUT2D eigenvalue weighted by Gasteiger charge is -2.18. The van der Waals surface area contributed by atoms with E-state index in [9.17, 15) is 14.7 Å². The summed E-state index contributed by atoms with van der Waals surface area (Å²) >= 11 is 0. The summed E-state index contributed by atoms with van der Waals surface area (Å²) in [5.41, 5.74) is 0. The average molecular weight is 225 g/mol. The number of carbonyl (C=O) groups excluding carboxylic acids is 1. The number of carbonyl (C=O) groups is 2. The highest BCUT2D eigenvalue weighted by Crippen LogP contribution is 2.18. The molecule has 1 fully saturated rings. The standard InChI is InChI=1S/C11H15NO4/c1-2-3-4-5-10(14)12-7-8(13)6-9(12)11(15)16/h2-5,8-9,13H,6-7H2,1H3,(H,15,16)/b3-2+,5-4+/t8?,9-/m0/s1. The summed E-state index contributed by atoms with van der Waals surface area (Å²) in [5.74, 6) is -1.47. The van der Waals surface area contributed by atoms with E-state index in [-0.39, 0.29) is 18.9 Å². The number of likely N-dealkylation sites (tertiary alicyclic amines) is 1. The molecule has 0 aliphatic carbocycles. The Kier molecular flexibility index (Phi) is 4.25. The van der Waals surface area contributed by atoms with E-state index in [1.165, 1.54) is 11.0 Å². The van der Waals surface area contributed by atoms with Crippen LogP contribution in [0.3, 0.4) is 0 Å². The molecular weight excluding hydrogens is 210 g/mol. The van der Waals surface area contributed by atoms with Gasteiger partial charge in [0.1, 0.15) is 6.04 Å². The topological polar surface area (TPSA) is 77.8 Å². The molecule has 0 saturated carbocycles. The maximum Gasteiger partial charge on any atom is 0.326 e. The molecule has 0 radical (unpaired) electrons. The summed E-state index contributed by atoms with van der Waals surface area (Å²) in [7, 11) is 0. The molecule has 1 amide bonds. The third-order valence-electron chi connectivity index (χ3n) is 2.39. The van der Waals surface area contributed by atoms with Crippen LogP contribution in [0.25, 0.3) is 0 Å². The first-order chi connectivity index (χ1) is 7.56. The lowest BCUT2D eigenvalue weighted by atomic mass is 10.2. The molecular formula is C11H15NO4. The van der Waals surface area contributed by atoms with Gasteiger partial charge in [-0.1, -0.05) is 18.2 Å². The molecule has 0 aromatic carbocycles. The fourth-order valence-electron chi connectivity index (χ4n) is 1.64. The van der Waals surface area contributed by atoms with Crippen LogP contribution in [0.5, 0.6) is 0 Å². The van der Waals surface area contributed by atoms with E-state index >= 15 is 0 Å². The minimum atomic E-state index is -1.08. The van der Waals surface area contributed by atoms with Crippen LogP contribution < -0.4 is 0 Å². The van der Waals surface area contributed by atoms with E-state index < -0.39 is 18.1 Å². The fourth-order valence-corrected chi connectivity index (χ4v) is 1.64. The molecule has 2 atom stereocenters. The first kappa shape index (κ1) is 12.4. The predicted molar refractivity (Wildman–Crippen MR) is 57.7 cm³/mol. The molecule has 88 valence electrons. The van der Waals surface area contributed by atoms with Gasteiger partial charge in [0, 0.05) is 19.0 Å². The first-order valence-electron chi connectivity index (χ1n) is 5.07. The van der Waals surface area contributed by atoms with E-state index in [0.717, 1.165) is 0 Å². The molecule has 2 N–H and O–H groups in total. The molecule has 0 aromatic rings. The Morgan fingerprint density at radius 3 is 2.62 bits per heavy atom. The van der Waals surface area contributed by atoms with Gasteiger partial charge in [0.2, 0.25) is 5.91 Å². The number of rotatable bonds is 3. The van der Waals surface area contributed by atoms with Gasteiger partial charge in [0.05, 0.1) is 6.10 Å². The predicted octanol–water partition coefficient (Wildman–Crippen LogP) is 0.165. The Morgan fingerprint density at radius 1 is 1.38 bits per heavy atom. The van der Waals surface area contributed by atoms with Gasteiger partial charge in [-0.2, -0.15) is 0 Å². The Labute approximate surface area is 93.7 Å². The summed E-state index contributed by atoms with van der Waals surface area (Å²) in [6.45, 7) is 1.89. The summed E-state index contributed by atoms with van der Waals surface area (Å²) < 4.78 is 0. The monoisotopic (exact) mass is 225 g/mol. The second kappa shape index (κ2) is 5.46. The molecule has 0 aromatic heterocycles. The van der Waals surface area contributed by atoms with Crippen LogP contribution in [0.15, 0.2) is 24.3 Å². The molecule has 0 bridgehead atoms. The largest absolute Gasteiger partial charge is 0.480 e. The van der Waals surface area contributed by atoms with Gasteiger partial charge in [0.15, 0.2) is 0 Å². The minimum Gasteiger partial charge on any atom is -0.480 e. The van der Waals surface area contributed by atoms with Crippen molar-refractivity contribution in [1.29, 1.82) is 0 Å². The molecule has 1 heterocycles. The molecule has 0 spiro atoms. The van der Waals surface area contributed by atoms with Crippen molar-refractivity contribution in [3.05, 3.63) is 24.3 Å². The lowest BCUT2D eigenvalue weighted by Crippen LogP contribution is -2.39. The highest BCUT2D eigenvalue weighted by Gasteiger charge is 2.37. The maximum atomic E-state index is 11.6. The van der Waals surface area contributed by atoms with Crippen LogP contribution >= 0.6 is 0 Å². The first-order valence-corrected chi connectivity index (χ1v) is 5.07. The number of carboxylic acids is 1. The molecule has 1 unspecified atom stereocenters. The van der Waals surface area contributed by atoms with Crippen LogP contribution in [0.1, 0.15) is 13.3 Å². The van der Waals surface area contributed by atoms with Gasteiger partial charge < -0.3 is 15.1 Å². The van der Waals surface area contributed by atoms with Crippen LogP contribution in [-0.2, 0) is 9.59 Å². The molecule has 1 aliphatic heterocycles. The van der Waals surface area contributed by atoms with E-state index in [1.54, 1.807) is 18.2 Å². The van der Waals surface area contributed by atoms with Gasteiger partial charge in [-0.15, -0.1) is 0 Å². The Bertz CT molecular complexity index is 335. The fraction of sp³-hybridized carbons (Fsp3) is 0.455. The van der Waals surface area contributed by atoms with Crippen LogP contribution in [0.2, 0.25) is 0 Å². The van der Waals surface area contributed by atoms with Crippen molar-refractivity contribution in [2.24, 2.45) is 0 Å². The number of carboxylic acid groups (broad SMARTS) is 1. The quantitative estimate of drug-likeness (QED) is 0.530. The Morgan fingerprint density at radius 2 is 2.06 bits per heavy atom. The van der Waals surface area contributed by atoms with Crippen LogP contribution in [-0.4, -0.2) is 45.7 Å². The zero-order chi connectivity index (χ0) is 12.1. The third-order valence-corrected chi connectivity index (χ3v) is 2.39. The normalized spacial score (nSPS) is 25.8. The SMILES string of the molecule is C/C=C/C=C/C(=O)N1CC(O)C[C@H]1C(=O)O. The zero-order valence-corrected chi connectivity index (χ0v) is 9.04. The molecule has 1 aliphatic rings. The number of aliphatic hydroxyl groups is 1. The number of aliphatic hydroxyl groups excluding tert-OH is 1. The Balaban J connectivity index is 2.70. The van der Waals surface area contributed by atoms with Crippen molar-refractivity contribution in [3.8, 4) is 0 Å². The summed E-state index contributed by atoms with van der Waals surface area (Å²) in [4.78, 5) is 23.6. The van der Waals surface area contributed by atoms with Gasteiger partial charge in [0.25, 0.3) is 0 Å². The van der Waals surface area contributed by atoms with E-state index in [4.69, 9.17) is 5.11 Å². The molecule has 5 heteroatoms. The van der Waals surface area contributed by atoms with Gasteiger partial charge in [-0.25, -0.2) is 4.79 Å². The van der Waals surface area contributed by atoms with Crippen LogP contribution in [0.4, 0.5) is 0 Å². The summed E-state index contributed by atoms with van der Waals surface area (Å²) in [6.07, 6.45) is 5.63. The number of aliphatic carboxylic acids is 1. The van der Waals surface area contributed by atoms with Crippen molar-refractivity contribution in [1.82, 2.24) is 4.90 Å². The summed E-state index contributed by atoms with van der Waals surface area (Å²) in [5, 5.41) is 18.2. The molecule has 1 saturated heterocycles. The number of nitrogens with zero attached hydrogens (tertiary/aromatic N) is 1. The number of β-amino-alcohol motifs (C(OH)–C–C–N with tert-alkyl or cyclic N) is 1. The smallest absolute Gasteiger partial charge is 0.326 e. The molecule has 5 nitrogen and oxygen atoms in total. The van der Waals surface area contributed by atoms with Crippen molar-refractivity contribution in [2.45, 2.75) is 25.5 Å². The van der Waals surface area contributed by atoms with Gasteiger partial charge in [-0.3, -0.25) is 4.79 Å². The van der Waals surface area contributed by atoms with Gasteiger partial charge >= 0.3 is 5.97 Å². The average Bonchev–Trinajstić information content (AvgIpc) is 2.61. The van der Waals surface area contributed by atoms with E-state index in [1.807, 2.05) is 6.92 Å². The van der Waals surface area contributed by atoms with Crippen molar-refractivity contribution >= 4 is 11.9 Å². The van der Waals surface area contributed by atoms with Crippen molar-refractivity contribution < 1.29 is 19.8 Å². The highest BCUT2D eigenvalue weighted by molar-refractivity contribution is 5.91. The molecule has 16 heavy (non-hydrogen) atoms. The zero-order valence-electron chi connectivity index (χ0n) is 9.04. The summed E-state index contributed by atoms with van der Waals surface area (Å²) in [6, 6.07) is -0.919. The van der Waals surface area contributed by atoms with Crippen LogP contribution in [0, 0.1) is 0 Å². The van der Waals surface area contributed by atoms with Gasteiger partial charge in [-0.05, 0) is 6.92 Å². The van der Waals surface area contributed by atoms with E-state index in [2.05, 4.69) is 0 Å².